The second-order valence-corrected chi connectivity index (χ2v) is 8.47. The Morgan fingerprint density at radius 3 is 2.20 bits per heavy atom. The molecule has 0 bridgehead atoms. The fraction of sp³-hybridized carbons (Fsp3) is 0.0385. The Morgan fingerprint density at radius 2 is 1.33 bits per heavy atom. The summed E-state index contributed by atoms with van der Waals surface area (Å²) in [5.74, 6) is 1.86. The maximum atomic E-state index is 6.55. The fourth-order valence-corrected chi connectivity index (χ4v) is 6.29. The Morgan fingerprint density at radius 1 is 0.667 bits per heavy atom. The van der Waals surface area contributed by atoms with Gasteiger partial charge in [-0.25, -0.2) is 0 Å². The molecule has 0 fully saturated rings. The van der Waals surface area contributed by atoms with Crippen LogP contribution >= 0.6 is 0 Å². The van der Waals surface area contributed by atoms with E-state index < -0.39 is 5.66 Å². The molecule has 0 radical (unpaired) electrons. The van der Waals surface area contributed by atoms with Crippen molar-refractivity contribution >= 4 is 43.5 Å². The summed E-state index contributed by atoms with van der Waals surface area (Å²) in [6.07, 6.45) is 6.44. The molecule has 3 aromatic heterocycles. The second-order valence-electron chi connectivity index (χ2n) is 8.47. The normalized spacial score (nSPS) is 19.1. The molecule has 0 saturated heterocycles. The highest BCUT2D eigenvalue weighted by Gasteiger charge is 2.69. The molecule has 0 amide bonds. The highest BCUT2D eigenvalue weighted by atomic mass is 16.5. The van der Waals surface area contributed by atoms with Crippen LogP contribution in [0.25, 0.3) is 43.5 Å². The minimum absolute atomic E-state index is 0.490. The molecule has 30 heavy (non-hydrogen) atoms. The van der Waals surface area contributed by atoms with Crippen molar-refractivity contribution in [2.75, 3.05) is 0 Å². The molecular weight excluding hydrogens is 370 g/mol. The van der Waals surface area contributed by atoms with Crippen molar-refractivity contribution in [2.24, 2.45) is 0 Å². The van der Waals surface area contributed by atoms with Crippen molar-refractivity contribution in [1.29, 1.82) is 0 Å². The smallest absolute Gasteiger partial charge is 0.425 e. The van der Waals surface area contributed by atoms with E-state index in [9.17, 15) is 0 Å². The number of hydrogen-bond donors (Lipinski definition) is 0. The highest BCUT2D eigenvalue weighted by Crippen LogP contribution is 2.56. The van der Waals surface area contributed by atoms with Crippen molar-refractivity contribution in [2.45, 2.75) is 5.66 Å². The zero-order chi connectivity index (χ0) is 19.2. The van der Waals surface area contributed by atoms with Gasteiger partial charge in [0.05, 0.1) is 21.7 Å². The van der Waals surface area contributed by atoms with Gasteiger partial charge in [-0.2, -0.15) is 0 Å². The van der Waals surface area contributed by atoms with Gasteiger partial charge in [0, 0.05) is 23.7 Å². The first kappa shape index (κ1) is 14.0. The van der Waals surface area contributed by atoms with Gasteiger partial charge in [-0.1, -0.05) is 12.1 Å². The lowest BCUT2D eigenvalue weighted by Crippen LogP contribution is -2.72. The third-order valence-corrected chi connectivity index (χ3v) is 7.27. The molecule has 6 aromatic rings. The lowest BCUT2D eigenvalue weighted by molar-refractivity contribution is -0.945. The molecule has 6 heterocycles. The summed E-state index contributed by atoms with van der Waals surface area (Å²) in [5.41, 5.74) is 5.47. The molecule has 0 aliphatic carbocycles. The Kier molecular flexibility index (Phi) is 1.92. The minimum atomic E-state index is -0.490. The van der Waals surface area contributed by atoms with E-state index in [1.54, 1.807) is 0 Å². The van der Waals surface area contributed by atoms with E-state index in [1.165, 1.54) is 43.7 Å². The van der Waals surface area contributed by atoms with E-state index in [0.29, 0.717) is 0 Å². The zero-order valence-corrected chi connectivity index (χ0v) is 15.8. The molecule has 1 unspecified atom stereocenters. The predicted molar refractivity (Wildman–Crippen MR) is 113 cm³/mol. The monoisotopic (exact) mass is 383 g/mol. The first-order valence-corrected chi connectivity index (χ1v) is 10.2. The van der Waals surface area contributed by atoms with Gasteiger partial charge in [0.25, 0.3) is 0 Å². The SMILES string of the molecule is c1cc2ccc3ccc4c5c3c2[n+](c1)C51c2c(ccc3ncc5ccc[n+]1c5c23)O4. The van der Waals surface area contributed by atoms with E-state index in [0.717, 1.165) is 22.4 Å². The number of ether oxygens (including phenoxy) is 1. The molecule has 4 nitrogen and oxygen atoms in total. The number of rotatable bonds is 0. The summed E-state index contributed by atoms with van der Waals surface area (Å²) in [6, 6.07) is 21.6. The number of pyridine rings is 3. The summed E-state index contributed by atoms with van der Waals surface area (Å²) >= 11 is 0. The molecule has 0 saturated carbocycles. The molecule has 3 aliphatic rings. The largest absolute Gasteiger partial charge is 0.456 e. The van der Waals surface area contributed by atoms with Crippen LogP contribution in [-0.4, -0.2) is 4.98 Å². The quantitative estimate of drug-likeness (QED) is 0.289. The number of nitrogens with zero attached hydrogens (tertiary/aromatic N) is 3. The number of hydrogen-bond acceptors (Lipinski definition) is 2. The second kappa shape index (κ2) is 4.12. The molecule has 3 aliphatic heterocycles. The maximum Gasteiger partial charge on any atom is 0.425 e. The number of aromatic nitrogens is 3. The van der Waals surface area contributed by atoms with Crippen LogP contribution in [0.2, 0.25) is 0 Å². The van der Waals surface area contributed by atoms with Crippen molar-refractivity contribution in [3.8, 4) is 11.5 Å². The molecule has 9 rings (SSSR count). The Labute approximate surface area is 170 Å². The van der Waals surface area contributed by atoms with E-state index in [1.807, 2.05) is 6.20 Å². The van der Waals surface area contributed by atoms with Gasteiger partial charge in [0.2, 0.25) is 11.0 Å². The van der Waals surface area contributed by atoms with Crippen LogP contribution in [0.4, 0.5) is 0 Å². The summed E-state index contributed by atoms with van der Waals surface area (Å²) in [4.78, 5) is 4.79. The summed E-state index contributed by atoms with van der Waals surface area (Å²) in [7, 11) is 0. The molecule has 1 atom stereocenters. The van der Waals surface area contributed by atoms with Crippen LogP contribution in [0.3, 0.4) is 0 Å². The minimum Gasteiger partial charge on any atom is -0.456 e. The van der Waals surface area contributed by atoms with E-state index >= 15 is 0 Å². The van der Waals surface area contributed by atoms with Gasteiger partial charge in [-0.15, -0.1) is 9.13 Å². The lowest BCUT2D eigenvalue weighted by atomic mass is 9.86. The topological polar surface area (TPSA) is 29.9 Å². The summed E-state index contributed by atoms with van der Waals surface area (Å²) < 4.78 is 11.5. The Hall–Kier alpha value is -4.05. The van der Waals surface area contributed by atoms with Crippen LogP contribution in [0, 0.1) is 0 Å². The van der Waals surface area contributed by atoms with Gasteiger partial charge in [-0.3, -0.25) is 4.98 Å². The van der Waals surface area contributed by atoms with Crippen LogP contribution in [0.5, 0.6) is 11.5 Å². The zero-order valence-electron chi connectivity index (χ0n) is 15.8. The van der Waals surface area contributed by atoms with Gasteiger partial charge in [0.15, 0.2) is 23.5 Å². The van der Waals surface area contributed by atoms with Crippen LogP contribution in [0.1, 0.15) is 11.1 Å². The van der Waals surface area contributed by atoms with Crippen LogP contribution in [-0.2, 0) is 5.66 Å². The molecule has 0 N–H and O–H groups in total. The van der Waals surface area contributed by atoms with Gasteiger partial charge in [-0.05, 0) is 41.8 Å². The van der Waals surface area contributed by atoms with Gasteiger partial charge < -0.3 is 4.74 Å². The van der Waals surface area contributed by atoms with Crippen molar-refractivity contribution < 1.29 is 13.9 Å². The first-order valence-electron chi connectivity index (χ1n) is 10.2. The summed E-state index contributed by atoms with van der Waals surface area (Å²) in [5, 5.41) is 6.14. The van der Waals surface area contributed by atoms with Crippen molar-refractivity contribution in [1.82, 2.24) is 4.98 Å². The van der Waals surface area contributed by atoms with Crippen LogP contribution in [0.15, 0.2) is 79.3 Å². The Balaban J connectivity index is 1.69. The predicted octanol–water partition coefficient (Wildman–Crippen LogP) is 4.30. The highest BCUT2D eigenvalue weighted by molar-refractivity contribution is 6.11. The van der Waals surface area contributed by atoms with Gasteiger partial charge >= 0.3 is 5.66 Å². The van der Waals surface area contributed by atoms with E-state index in [-0.39, 0.29) is 0 Å². The maximum absolute atomic E-state index is 6.55. The molecule has 3 aromatic carbocycles. The molecule has 136 valence electrons. The van der Waals surface area contributed by atoms with E-state index in [4.69, 9.17) is 9.72 Å². The molecule has 1 spiro atoms. The van der Waals surface area contributed by atoms with Crippen molar-refractivity contribution in [3.05, 3.63) is 90.4 Å². The average Bonchev–Trinajstić information content (AvgIpc) is 3.29. The molecule has 4 heteroatoms. The fourth-order valence-electron chi connectivity index (χ4n) is 6.29. The standard InChI is InChI=1S/C26H13N3O/c1-3-15-6-5-14-7-9-18-22-20(14)24(15)28(11-1)26(22)23-19(30-18)10-8-17-21(23)25-16(13-27-17)4-2-12-29(25)26/h1-13H/q+2. The van der Waals surface area contributed by atoms with E-state index in [2.05, 4.69) is 82.2 Å². The Bertz CT molecular complexity index is 1700. The first-order chi connectivity index (χ1) is 14.9. The van der Waals surface area contributed by atoms with Crippen LogP contribution < -0.4 is 13.9 Å². The third-order valence-electron chi connectivity index (χ3n) is 7.27. The lowest BCUT2D eigenvalue weighted by Gasteiger charge is -2.25. The van der Waals surface area contributed by atoms with Crippen molar-refractivity contribution in [3.63, 3.8) is 0 Å². The average molecular weight is 383 g/mol. The van der Waals surface area contributed by atoms with Gasteiger partial charge in [0.1, 0.15) is 11.5 Å². The number of benzene rings is 3. The molecular formula is C26H13N3O+2. The summed E-state index contributed by atoms with van der Waals surface area (Å²) in [6.45, 7) is 0. The third kappa shape index (κ3) is 1.17.